The van der Waals surface area contributed by atoms with Crippen molar-refractivity contribution in [2.75, 3.05) is 0 Å². The largest absolute Gasteiger partial charge is 0.323 e. The first-order valence-electron chi connectivity index (χ1n) is 6.81. The van der Waals surface area contributed by atoms with Gasteiger partial charge in [0.2, 0.25) is 0 Å². The van der Waals surface area contributed by atoms with E-state index in [0.29, 0.717) is 0 Å². The Balaban J connectivity index is 1.95. The lowest BCUT2D eigenvalue weighted by molar-refractivity contribution is 0.461. The zero-order valence-corrected chi connectivity index (χ0v) is 11.8. The van der Waals surface area contributed by atoms with Crippen LogP contribution in [0.1, 0.15) is 41.6 Å². The molecule has 0 radical (unpaired) electrons. The number of aromatic nitrogens is 1. The summed E-state index contributed by atoms with van der Waals surface area (Å²) in [6.45, 7) is 0. The van der Waals surface area contributed by atoms with E-state index in [4.69, 9.17) is 17.3 Å². The quantitative estimate of drug-likeness (QED) is 0.908. The van der Waals surface area contributed by atoms with E-state index in [1.54, 1.807) is 18.3 Å². The lowest BCUT2D eigenvalue weighted by atomic mass is 9.80. The van der Waals surface area contributed by atoms with Gasteiger partial charge in [-0.1, -0.05) is 23.7 Å². The molecular weight excluding hydrogens is 275 g/mol. The molecule has 0 bridgehead atoms. The third-order valence-electron chi connectivity index (χ3n) is 4.00. The monoisotopic (exact) mass is 290 g/mol. The summed E-state index contributed by atoms with van der Waals surface area (Å²) in [7, 11) is 0. The van der Waals surface area contributed by atoms with Crippen LogP contribution in [0.15, 0.2) is 36.5 Å². The van der Waals surface area contributed by atoms with Gasteiger partial charge in [-0.25, -0.2) is 4.39 Å². The van der Waals surface area contributed by atoms with Gasteiger partial charge in [0.05, 0.1) is 5.02 Å². The van der Waals surface area contributed by atoms with Gasteiger partial charge >= 0.3 is 0 Å². The van der Waals surface area contributed by atoms with Crippen molar-refractivity contribution in [1.82, 2.24) is 4.98 Å². The molecule has 1 aromatic heterocycles. The van der Waals surface area contributed by atoms with E-state index in [9.17, 15) is 4.39 Å². The van der Waals surface area contributed by atoms with Crippen molar-refractivity contribution in [2.24, 2.45) is 5.73 Å². The average Bonchev–Trinajstić information content (AvgIpc) is 2.49. The molecule has 0 saturated carbocycles. The lowest BCUT2D eigenvalue weighted by Crippen LogP contribution is -2.24. The number of hydrogen-bond donors (Lipinski definition) is 1. The van der Waals surface area contributed by atoms with Crippen molar-refractivity contribution in [1.29, 1.82) is 0 Å². The Kier molecular flexibility index (Phi) is 3.72. The van der Waals surface area contributed by atoms with Crippen molar-refractivity contribution < 1.29 is 4.39 Å². The van der Waals surface area contributed by atoms with Gasteiger partial charge in [-0.2, -0.15) is 0 Å². The minimum Gasteiger partial charge on any atom is -0.323 e. The molecule has 2 atom stereocenters. The normalized spacial score (nSPS) is 19.4. The summed E-state index contributed by atoms with van der Waals surface area (Å²) in [5.41, 5.74) is 9.44. The fourth-order valence-corrected chi connectivity index (χ4v) is 3.06. The van der Waals surface area contributed by atoms with Crippen LogP contribution in [0.5, 0.6) is 0 Å². The second-order valence-corrected chi connectivity index (χ2v) is 5.65. The topological polar surface area (TPSA) is 38.9 Å². The number of benzene rings is 1. The van der Waals surface area contributed by atoms with Crippen LogP contribution in [-0.4, -0.2) is 4.98 Å². The first kappa shape index (κ1) is 13.5. The second-order valence-electron chi connectivity index (χ2n) is 5.25. The van der Waals surface area contributed by atoms with E-state index in [1.807, 2.05) is 6.07 Å². The Bertz CT molecular complexity index is 630. The molecule has 0 aliphatic heterocycles. The maximum absolute atomic E-state index is 13.6. The average molecular weight is 291 g/mol. The Hall–Kier alpha value is -1.45. The summed E-state index contributed by atoms with van der Waals surface area (Å²) in [6, 6.07) is 8.60. The Morgan fingerprint density at radius 3 is 3.00 bits per heavy atom. The first-order valence-corrected chi connectivity index (χ1v) is 7.19. The SMILES string of the molecule is NC(c1ccc(Cl)c(F)c1)C1CCCc2cccnc21. The van der Waals surface area contributed by atoms with Gasteiger partial charge in [0, 0.05) is 23.9 Å². The molecule has 4 heteroatoms. The van der Waals surface area contributed by atoms with Gasteiger partial charge in [0.15, 0.2) is 0 Å². The van der Waals surface area contributed by atoms with Crippen molar-refractivity contribution >= 4 is 11.6 Å². The second kappa shape index (κ2) is 5.51. The predicted molar refractivity (Wildman–Crippen MR) is 78.3 cm³/mol. The maximum Gasteiger partial charge on any atom is 0.142 e. The number of nitrogens with zero attached hydrogens (tertiary/aromatic N) is 1. The number of nitrogens with two attached hydrogens (primary N) is 1. The molecule has 1 aliphatic rings. The molecule has 2 nitrogen and oxygen atoms in total. The van der Waals surface area contributed by atoms with Crippen LogP contribution in [0.3, 0.4) is 0 Å². The zero-order valence-electron chi connectivity index (χ0n) is 11.0. The minimum atomic E-state index is -0.420. The molecule has 1 heterocycles. The molecule has 1 aromatic carbocycles. The molecule has 0 saturated heterocycles. The highest BCUT2D eigenvalue weighted by atomic mass is 35.5. The fraction of sp³-hybridized carbons (Fsp3) is 0.312. The molecule has 1 aliphatic carbocycles. The number of hydrogen-bond acceptors (Lipinski definition) is 2. The van der Waals surface area contributed by atoms with Crippen LogP contribution < -0.4 is 5.73 Å². The van der Waals surface area contributed by atoms with Crippen LogP contribution in [0, 0.1) is 5.82 Å². The maximum atomic E-state index is 13.6. The van der Waals surface area contributed by atoms with Crippen molar-refractivity contribution in [2.45, 2.75) is 31.2 Å². The van der Waals surface area contributed by atoms with Gasteiger partial charge in [0.1, 0.15) is 5.82 Å². The van der Waals surface area contributed by atoms with E-state index < -0.39 is 5.82 Å². The molecule has 0 amide bonds. The van der Waals surface area contributed by atoms with Gasteiger partial charge in [-0.3, -0.25) is 4.98 Å². The van der Waals surface area contributed by atoms with Crippen molar-refractivity contribution in [3.8, 4) is 0 Å². The molecule has 0 fully saturated rings. The van der Waals surface area contributed by atoms with Crippen LogP contribution in [0.2, 0.25) is 5.02 Å². The predicted octanol–water partition coefficient (Wildman–Crippen LogP) is 3.99. The third kappa shape index (κ3) is 2.43. The van der Waals surface area contributed by atoms with E-state index in [0.717, 1.165) is 30.5 Å². The van der Waals surface area contributed by atoms with E-state index in [1.165, 1.54) is 11.6 Å². The highest BCUT2D eigenvalue weighted by Gasteiger charge is 2.28. The summed E-state index contributed by atoms with van der Waals surface area (Å²) < 4.78 is 13.6. The van der Waals surface area contributed by atoms with Gasteiger partial charge in [-0.05, 0) is 48.6 Å². The number of aryl methyl sites for hydroxylation is 1. The zero-order chi connectivity index (χ0) is 14.1. The number of pyridine rings is 1. The minimum absolute atomic E-state index is 0.128. The highest BCUT2D eigenvalue weighted by Crippen LogP contribution is 2.38. The summed E-state index contributed by atoms with van der Waals surface area (Å²) in [5.74, 6) is -0.280. The Morgan fingerprint density at radius 2 is 2.20 bits per heavy atom. The fourth-order valence-electron chi connectivity index (χ4n) is 2.95. The molecular formula is C16H16ClFN2. The smallest absolute Gasteiger partial charge is 0.142 e. The van der Waals surface area contributed by atoms with Crippen LogP contribution in [-0.2, 0) is 6.42 Å². The van der Waals surface area contributed by atoms with Crippen LogP contribution in [0.4, 0.5) is 4.39 Å². The number of rotatable bonds is 2. The summed E-state index contributed by atoms with van der Waals surface area (Å²) >= 11 is 5.72. The molecule has 3 rings (SSSR count). The van der Waals surface area contributed by atoms with Crippen molar-refractivity contribution in [3.05, 3.63) is 64.2 Å². The van der Waals surface area contributed by atoms with E-state index in [2.05, 4.69) is 11.1 Å². The van der Waals surface area contributed by atoms with Crippen LogP contribution >= 0.6 is 11.6 Å². The van der Waals surface area contributed by atoms with Gasteiger partial charge in [0.25, 0.3) is 0 Å². The lowest BCUT2D eigenvalue weighted by Gasteiger charge is -2.29. The van der Waals surface area contributed by atoms with Gasteiger partial charge in [-0.15, -0.1) is 0 Å². The number of fused-ring (bicyclic) bond motifs is 1. The molecule has 0 spiro atoms. The highest BCUT2D eigenvalue weighted by molar-refractivity contribution is 6.30. The summed E-state index contributed by atoms with van der Waals surface area (Å²) in [6.07, 6.45) is 4.91. The molecule has 2 unspecified atom stereocenters. The third-order valence-corrected chi connectivity index (χ3v) is 4.31. The summed E-state index contributed by atoms with van der Waals surface area (Å²) in [5, 5.41) is 0.128. The van der Waals surface area contributed by atoms with E-state index >= 15 is 0 Å². The standard InChI is InChI=1S/C16H16ClFN2/c17-13-7-6-11(9-14(13)18)15(19)12-5-1-3-10-4-2-8-20-16(10)12/h2,4,6-9,12,15H,1,3,5,19H2. The first-order chi connectivity index (χ1) is 9.66. The van der Waals surface area contributed by atoms with Gasteiger partial charge < -0.3 is 5.73 Å². The van der Waals surface area contributed by atoms with Crippen molar-refractivity contribution in [3.63, 3.8) is 0 Å². The molecule has 20 heavy (non-hydrogen) atoms. The molecule has 2 N–H and O–H groups in total. The molecule has 104 valence electrons. The van der Waals surface area contributed by atoms with E-state index in [-0.39, 0.29) is 17.0 Å². The summed E-state index contributed by atoms with van der Waals surface area (Å²) in [4.78, 5) is 4.49. The molecule has 2 aromatic rings. The Morgan fingerprint density at radius 1 is 1.35 bits per heavy atom. The Labute approximate surface area is 122 Å². The van der Waals surface area contributed by atoms with Crippen LogP contribution in [0.25, 0.3) is 0 Å². The number of halogens is 2.